The quantitative estimate of drug-likeness (QED) is 0.261. The molecule has 0 atom stereocenters. The summed E-state index contributed by atoms with van der Waals surface area (Å²) in [6.45, 7) is 0. The van der Waals surface area contributed by atoms with Crippen LogP contribution < -0.4 is 11.1 Å². The third-order valence-corrected chi connectivity index (χ3v) is 7.51. The third kappa shape index (κ3) is 4.27. The van der Waals surface area contributed by atoms with Crippen LogP contribution in [0, 0.1) is 5.92 Å². The van der Waals surface area contributed by atoms with Gasteiger partial charge in [0.1, 0.15) is 5.69 Å². The zero-order valence-electron chi connectivity index (χ0n) is 21.1. The van der Waals surface area contributed by atoms with Gasteiger partial charge in [-0.25, -0.2) is 0 Å². The number of pyridine rings is 3. The van der Waals surface area contributed by atoms with Gasteiger partial charge in [-0.15, -0.1) is 0 Å². The molecule has 5 aromatic heterocycles. The minimum atomic E-state index is 0.0583. The molecule has 1 fully saturated rings. The number of H-pyrrole nitrogens is 2. The number of nitrogens with zero attached hydrogens (tertiary/aromatic N) is 4. The van der Waals surface area contributed by atoms with Crippen LogP contribution in [-0.2, 0) is 11.2 Å². The van der Waals surface area contributed by atoms with Crippen molar-refractivity contribution in [2.24, 2.45) is 11.7 Å². The molecule has 1 amide bonds. The molecule has 0 aromatic carbocycles. The van der Waals surface area contributed by atoms with Crippen molar-refractivity contribution in [3.63, 3.8) is 0 Å². The Morgan fingerprint density at radius 3 is 2.69 bits per heavy atom. The number of rotatable bonds is 5. The zero-order valence-corrected chi connectivity index (χ0v) is 21.1. The smallest absolute Gasteiger partial charge is 0.227 e. The molecule has 0 radical (unpaired) electrons. The van der Waals surface area contributed by atoms with Crippen LogP contribution in [0.1, 0.15) is 36.1 Å². The monoisotopic (exact) mass is 514 g/mol. The molecule has 0 saturated heterocycles. The van der Waals surface area contributed by atoms with E-state index in [1.54, 1.807) is 31.0 Å². The van der Waals surface area contributed by atoms with Crippen molar-refractivity contribution in [3.05, 3.63) is 96.0 Å². The summed E-state index contributed by atoms with van der Waals surface area (Å²) in [5, 5.41) is 11.7. The molecule has 5 heterocycles. The fraction of sp³-hybridized carbons (Fsp3) is 0.167. The van der Waals surface area contributed by atoms with Gasteiger partial charge in [0.2, 0.25) is 5.91 Å². The van der Waals surface area contributed by atoms with Crippen molar-refractivity contribution in [2.45, 2.75) is 25.7 Å². The van der Waals surface area contributed by atoms with Crippen molar-refractivity contribution in [2.75, 3.05) is 5.32 Å². The predicted molar refractivity (Wildman–Crippen MR) is 150 cm³/mol. The minimum Gasteiger partial charge on any atom is -0.402 e. The first-order chi connectivity index (χ1) is 19.1. The van der Waals surface area contributed by atoms with Gasteiger partial charge in [-0.1, -0.05) is 12.5 Å². The van der Waals surface area contributed by atoms with Crippen LogP contribution in [0.3, 0.4) is 0 Å². The Hall–Kier alpha value is -5.05. The molecule has 2 aliphatic rings. The number of aromatic nitrogens is 6. The first-order valence-corrected chi connectivity index (χ1v) is 13.0. The van der Waals surface area contributed by atoms with E-state index < -0.39 is 0 Å². The van der Waals surface area contributed by atoms with E-state index in [-0.39, 0.29) is 11.8 Å². The van der Waals surface area contributed by atoms with Crippen molar-refractivity contribution in [3.8, 4) is 22.6 Å². The van der Waals surface area contributed by atoms with E-state index in [0.717, 1.165) is 80.9 Å². The van der Waals surface area contributed by atoms with E-state index in [1.807, 2.05) is 30.3 Å². The van der Waals surface area contributed by atoms with E-state index in [0.29, 0.717) is 12.1 Å². The molecule has 9 heteroatoms. The van der Waals surface area contributed by atoms with Crippen LogP contribution in [0.25, 0.3) is 39.1 Å². The predicted octanol–water partition coefficient (Wildman–Crippen LogP) is 4.98. The summed E-state index contributed by atoms with van der Waals surface area (Å²) < 4.78 is 0. The number of carbonyl (C=O) groups excluding carboxylic acids is 1. The van der Waals surface area contributed by atoms with Crippen LogP contribution in [-0.4, -0.2) is 36.0 Å². The maximum atomic E-state index is 12.4. The van der Waals surface area contributed by atoms with E-state index in [9.17, 15) is 4.79 Å². The SMILES string of the molecule is NC1=CC=C(c2ccncc2)c2cc(-c3n[nH]c4cnc(-c5cncc(NC(=O)C6CCC6)c5)cc34)[nH]c2C1. The molecular weight excluding hydrogens is 488 g/mol. The Kier molecular flexibility index (Phi) is 5.54. The van der Waals surface area contributed by atoms with Gasteiger partial charge in [0.05, 0.1) is 35.0 Å². The fourth-order valence-corrected chi connectivity index (χ4v) is 5.17. The standard InChI is InChI=1S/C30H26N8O/c31-20-4-5-22(17-6-8-32-9-7-17)23-12-27(36-26(23)11-20)29-24-13-25(34-16-28(24)37-38-29)19-10-21(15-33-14-19)35-30(39)18-2-1-3-18/h4-10,12-16,18,36H,1-3,11,31H2,(H,35,39)(H,37,38). The Labute approximate surface area is 224 Å². The molecule has 9 nitrogen and oxygen atoms in total. The van der Waals surface area contributed by atoms with Gasteiger partial charge in [0.25, 0.3) is 0 Å². The van der Waals surface area contributed by atoms with Crippen LogP contribution in [0.15, 0.2) is 79.2 Å². The van der Waals surface area contributed by atoms with Crippen LogP contribution >= 0.6 is 0 Å². The Bertz CT molecular complexity index is 1780. The number of nitrogens with two attached hydrogens (primary N) is 1. The molecule has 2 aliphatic carbocycles. The van der Waals surface area contributed by atoms with Gasteiger partial charge < -0.3 is 16.0 Å². The number of aromatic amines is 2. The first kappa shape index (κ1) is 23.1. The lowest BCUT2D eigenvalue weighted by atomic mass is 9.85. The van der Waals surface area contributed by atoms with Gasteiger partial charge >= 0.3 is 0 Å². The second-order valence-corrected chi connectivity index (χ2v) is 10.1. The summed E-state index contributed by atoms with van der Waals surface area (Å²) in [6, 6.07) is 10.0. The Morgan fingerprint density at radius 1 is 1.00 bits per heavy atom. The number of nitrogens with one attached hydrogen (secondary N) is 3. The largest absolute Gasteiger partial charge is 0.402 e. The maximum absolute atomic E-state index is 12.4. The van der Waals surface area contributed by atoms with Crippen molar-refractivity contribution in [1.29, 1.82) is 0 Å². The molecule has 39 heavy (non-hydrogen) atoms. The average molecular weight is 515 g/mol. The molecule has 0 bridgehead atoms. The third-order valence-electron chi connectivity index (χ3n) is 7.51. The highest BCUT2D eigenvalue weighted by atomic mass is 16.1. The second kappa shape index (κ2) is 9.36. The molecule has 5 aromatic rings. The summed E-state index contributed by atoms with van der Waals surface area (Å²) in [6.07, 6.45) is 16.4. The second-order valence-electron chi connectivity index (χ2n) is 10.1. The Balaban J connectivity index is 1.25. The topological polar surface area (TPSA) is 138 Å². The highest BCUT2D eigenvalue weighted by Gasteiger charge is 2.25. The van der Waals surface area contributed by atoms with Crippen molar-refractivity contribution < 1.29 is 4.79 Å². The molecule has 0 aliphatic heterocycles. The van der Waals surface area contributed by atoms with Crippen molar-refractivity contribution in [1.82, 2.24) is 30.1 Å². The highest BCUT2D eigenvalue weighted by molar-refractivity contribution is 5.96. The molecule has 7 rings (SSSR count). The summed E-state index contributed by atoms with van der Waals surface area (Å²) >= 11 is 0. The molecule has 0 unspecified atom stereocenters. The maximum Gasteiger partial charge on any atom is 0.227 e. The van der Waals surface area contributed by atoms with Gasteiger partial charge in [-0.05, 0) is 60.4 Å². The lowest BCUT2D eigenvalue weighted by Gasteiger charge is -2.24. The highest BCUT2D eigenvalue weighted by Crippen LogP contribution is 2.36. The van der Waals surface area contributed by atoms with Crippen LogP contribution in [0.5, 0.6) is 0 Å². The molecule has 1 saturated carbocycles. The average Bonchev–Trinajstić information content (AvgIpc) is 3.48. The summed E-state index contributed by atoms with van der Waals surface area (Å²) in [5.74, 6) is 0.162. The van der Waals surface area contributed by atoms with Gasteiger partial charge in [-0.2, -0.15) is 5.10 Å². The number of allylic oxidation sites excluding steroid dienone is 3. The van der Waals surface area contributed by atoms with Gasteiger partial charge in [0, 0.05) is 58.8 Å². The van der Waals surface area contributed by atoms with Crippen molar-refractivity contribution >= 4 is 28.1 Å². The number of fused-ring (bicyclic) bond motifs is 2. The normalized spacial score (nSPS) is 15.2. The molecule has 5 N–H and O–H groups in total. The minimum absolute atomic E-state index is 0.0583. The number of hydrogen-bond acceptors (Lipinski definition) is 6. The van der Waals surface area contributed by atoms with Gasteiger partial charge in [-0.3, -0.25) is 24.8 Å². The molecule has 0 spiro atoms. The number of hydrogen-bond donors (Lipinski definition) is 4. The lowest BCUT2D eigenvalue weighted by molar-refractivity contribution is -0.122. The fourth-order valence-electron chi connectivity index (χ4n) is 5.17. The van der Waals surface area contributed by atoms with Gasteiger partial charge in [0.15, 0.2) is 0 Å². The number of amides is 1. The zero-order chi connectivity index (χ0) is 26.3. The van der Waals surface area contributed by atoms with E-state index >= 15 is 0 Å². The summed E-state index contributed by atoms with van der Waals surface area (Å²) in [5.41, 5.74) is 16.1. The summed E-state index contributed by atoms with van der Waals surface area (Å²) in [4.78, 5) is 29.1. The van der Waals surface area contributed by atoms with Crippen LogP contribution in [0.2, 0.25) is 0 Å². The molecule has 192 valence electrons. The summed E-state index contributed by atoms with van der Waals surface area (Å²) in [7, 11) is 0. The van der Waals surface area contributed by atoms with E-state index in [4.69, 9.17) is 5.73 Å². The lowest BCUT2D eigenvalue weighted by Crippen LogP contribution is -2.28. The van der Waals surface area contributed by atoms with E-state index in [2.05, 4.69) is 47.6 Å². The number of carbonyl (C=O) groups is 1. The molecular formula is C30H26N8O. The van der Waals surface area contributed by atoms with E-state index in [1.165, 1.54) is 0 Å². The van der Waals surface area contributed by atoms with Crippen LogP contribution in [0.4, 0.5) is 5.69 Å². The number of anilines is 1. The first-order valence-electron chi connectivity index (χ1n) is 13.0. The Morgan fingerprint density at radius 2 is 1.87 bits per heavy atom.